The van der Waals surface area contributed by atoms with E-state index in [1.807, 2.05) is 24.3 Å². The first-order valence-electron chi connectivity index (χ1n) is 7.15. The molecule has 1 aromatic rings. The van der Waals surface area contributed by atoms with Crippen LogP contribution in [0, 0.1) is 0 Å². The van der Waals surface area contributed by atoms with Crippen molar-refractivity contribution in [1.82, 2.24) is 0 Å². The van der Waals surface area contributed by atoms with Gasteiger partial charge in [-0.25, -0.2) is 0 Å². The van der Waals surface area contributed by atoms with E-state index < -0.39 is 0 Å². The molecule has 106 valence electrons. The minimum Gasteiger partial charge on any atom is -0.497 e. The summed E-state index contributed by atoms with van der Waals surface area (Å²) in [4.78, 5) is 0. The van der Waals surface area contributed by atoms with E-state index in [1.165, 1.54) is 0 Å². The predicted molar refractivity (Wildman–Crippen MR) is 81.1 cm³/mol. The van der Waals surface area contributed by atoms with Crippen molar-refractivity contribution >= 4 is 12.7 Å². The number of ether oxygens (including phenoxy) is 1. The second-order valence-electron chi connectivity index (χ2n) is 5.33. The molecule has 0 bridgehead atoms. The normalized spacial score (nSPS) is 24.0. The molecule has 2 N–H and O–H groups in total. The lowest BCUT2D eigenvalue weighted by Crippen LogP contribution is -2.39. The van der Waals surface area contributed by atoms with Crippen molar-refractivity contribution < 1.29 is 14.0 Å². The van der Waals surface area contributed by atoms with Gasteiger partial charge in [-0.2, -0.15) is 0 Å². The van der Waals surface area contributed by atoms with Crippen LogP contribution in [-0.2, 0) is 14.0 Å². The van der Waals surface area contributed by atoms with E-state index in [9.17, 15) is 0 Å². The van der Waals surface area contributed by atoms with E-state index in [-0.39, 0.29) is 13.2 Å². The summed E-state index contributed by atoms with van der Waals surface area (Å²) in [5, 5.41) is 0. The van der Waals surface area contributed by atoms with Gasteiger partial charge in [0.1, 0.15) is 6.61 Å². The molecule has 4 rings (SSSR count). The third-order valence-corrected chi connectivity index (χ3v) is 4.10. The zero-order valence-electron chi connectivity index (χ0n) is 11.6. The van der Waals surface area contributed by atoms with Crippen molar-refractivity contribution in [3.05, 3.63) is 64.9 Å². The Kier molecular flexibility index (Phi) is 3.18. The minimum absolute atomic E-state index is 0.168. The molecule has 0 unspecified atom stereocenters. The van der Waals surface area contributed by atoms with Crippen molar-refractivity contribution in [2.24, 2.45) is 5.73 Å². The van der Waals surface area contributed by atoms with Gasteiger partial charge in [-0.05, 0) is 33.8 Å². The molecule has 0 saturated heterocycles. The molecule has 4 nitrogen and oxygen atoms in total. The Morgan fingerprint density at radius 1 is 1.19 bits per heavy atom. The third kappa shape index (κ3) is 2.05. The van der Waals surface area contributed by atoms with Crippen LogP contribution in [0.2, 0.25) is 0 Å². The van der Waals surface area contributed by atoms with Crippen molar-refractivity contribution in [2.75, 3.05) is 19.8 Å². The smallest absolute Gasteiger partial charge is 0.495 e. The van der Waals surface area contributed by atoms with Gasteiger partial charge in [-0.15, -0.1) is 0 Å². The predicted octanol–water partition coefficient (Wildman–Crippen LogP) is 1.70. The summed E-state index contributed by atoms with van der Waals surface area (Å²) in [6.45, 7) is 1.54. The largest absolute Gasteiger partial charge is 0.497 e. The molecule has 0 amide bonds. The van der Waals surface area contributed by atoms with Gasteiger partial charge in [-0.3, -0.25) is 0 Å². The summed E-state index contributed by atoms with van der Waals surface area (Å²) in [5.41, 5.74) is 11.6. The van der Waals surface area contributed by atoms with Crippen LogP contribution in [0.5, 0.6) is 0 Å². The maximum atomic E-state index is 6.07. The summed E-state index contributed by atoms with van der Waals surface area (Å²) in [6, 6.07) is 10.2. The SMILES string of the molecule is NC[C@H]1OB2OCC3=C2C(=C1c1ccccc1)C=COC3. The Morgan fingerprint density at radius 2 is 2.05 bits per heavy atom. The van der Waals surface area contributed by atoms with Crippen LogP contribution in [0.15, 0.2) is 59.3 Å². The van der Waals surface area contributed by atoms with Gasteiger partial charge in [0, 0.05) is 6.54 Å². The lowest BCUT2D eigenvalue weighted by molar-refractivity contribution is 0.188. The van der Waals surface area contributed by atoms with Gasteiger partial charge in [0.25, 0.3) is 0 Å². The van der Waals surface area contributed by atoms with E-state index in [0.29, 0.717) is 19.8 Å². The van der Waals surface area contributed by atoms with Crippen LogP contribution in [-0.4, -0.2) is 33.0 Å². The maximum absolute atomic E-state index is 6.07. The van der Waals surface area contributed by atoms with Gasteiger partial charge in [0.05, 0.1) is 19.0 Å². The summed E-state index contributed by atoms with van der Waals surface area (Å²) >= 11 is 0. The van der Waals surface area contributed by atoms with Crippen molar-refractivity contribution in [2.45, 2.75) is 6.10 Å². The molecule has 21 heavy (non-hydrogen) atoms. The molecule has 1 aromatic carbocycles. The highest BCUT2D eigenvalue weighted by molar-refractivity contribution is 6.57. The number of allylic oxidation sites excluding steroid dienone is 3. The first-order valence-corrected chi connectivity index (χ1v) is 7.15. The summed E-state index contributed by atoms with van der Waals surface area (Å²) in [6.07, 6.45) is 3.60. The quantitative estimate of drug-likeness (QED) is 0.838. The van der Waals surface area contributed by atoms with E-state index >= 15 is 0 Å². The summed E-state index contributed by atoms with van der Waals surface area (Å²) in [7, 11) is -0.317. The zero-order chi connectivity index (χ0) is 14.2. The van der Waals surface area contributed by atoms with Crippen molar-refractivity contribution in [1.29, 1.82) is 0 Å². The van der Waals surface area contributed by atoms with Gasteiger partial charge in [-0.1, -0.05) is 30.3 Å². The van der Waals surface area contributed by atoms with Crippen LogP contribution in [0.25, 0.3) is 5.57 Å². The molecule has 0 saturated carbocycles. The number of benzene rings is 1. The fourth-order valence-corrected chi connectivity index (χ4v) is 3.16. The monoisotopic (exact) mass is 281 g/mol. The fraction of sp³-hybridized carbons (Fsp3) is 0.250. The lowest BCUT2D eigenvalue weighted by atomic mass is 9.68. The molecule has 3 heterocycles. The molecular weight excluding hydrogens is 265 g/mol. The fourth-order valence-electron chi connectivity index (χ4n) is 3.16. The maximum Gasteiger partial charge on any atom is 0.495 e. The number of nitrogens with two attached hydrogens (primary N) is 1. The third-order valence-electron chi connectivity index (χ3n) is 4.10. The van der Waals surface area contributed by atoms with Crippen molar-refractivity contribution in [3.63, 3.8) is 0 Å². The van der Waals surface area contributed by atoms with Crippen LogP contribution >= 0.6 is 0 Å². The molecular formula is C16H16BNO3. The number of hydrogen-bond donors (Lipinski definition) is 1. The molecule has 0 fully saturated rings. The molecule has 0 spiro atoms. The molecule has 0 aliphatic carbocycles. The van der Waals surface area contributed by atoms with Crippen molar-refractivity contribution in [3.8, 4) is 0 Å². The minimum atomic E-state index is -0.317. The van der Waals surface area contributed by atoms with Crippen LogP contribution < -0.4 is 5.73 Å². The van der Waals surface area contributed by atoms with Crippen LogP contribution in [0.1, 0.15) is 5.56 Å². The van der Waals surface area contributed by atoms with Gasteiger partial charge in [0.15, 0.2) is 0 Å². The Balaban J connectivity index is 1.95. The average Bonchev–Trinajstić information content (AvgIpc) is 2.81. The topological polar surface area (TPSA) is 53.7 Å². The highest BCUT2D eigenvalue weighted by atomic mass is 16.6. The van der Waals surface area contributed by atoms with Gasteiger partial charge in [0.2, 0.25) is 0 Å². The molecule has 5 heteroatoms. The van der Waals surface area contributed by atoms with E-state index in [4.69, 9.17) is 19.8 Å². The lowest BCUT2D eigenvalue weighted by Gasteiger charge is -2.30. The van der Waals surface area contributed by atoms with E-state index in [1.54, 1.807) is 6.26 Å². The Hall–Kier alpha value is -1.82. The Bertz CT molecular complexity index is 651. The van der Waals surface area contributed by atoms with E-state index in [2.05, 4.69) is 12.1 Å². The summed E-state index contributed by atoms with van der Waals surface area (Å²) in [5.74, 6) is 0. The van der Waals surface area contributed by atoms with Gasteiger partial charge >= 0.3 is 7.12 Å². The van der Waals surface area contributed by atoms with Crippen LogP contribution in [0.4, 0.5) is 0 Å². The molecule has 3 aliphatic heterocycles. The first kappa shape index (κ1) is 12.9. The summed E-state index contributed by atoms with van der Waals surface area (Å²) < 4.78 is 17.3. The highest BCUT2D eigenvalue weighted by Crippen LogP contribution is 2.40. The zero-order valence-corrected chi connectivity index (χ0v) is 11.6. The second kappa shape index (κ2) is 5.18. The molecule has 1 atom stereocenters. The number of rotatable bonds is 2. The first-order chi connectivity index (χ1) is 10.4. The van der Waals surface area contributed by atoms with E-state index in [0.717, 1.165) is 27.8 Å². The average molecular weight is 281 g/mol. The van der Waals surface area contributed by atoms with Crippen LogP contribution in [0.3, 0.4) is 0 Å². The molecule has 0 radical (unpaired) electrons. The highest BCUT2D eigenvalue weighted by Gasteiger charge is 2.43. The Morgan fingerprint density at radius 3 is 2.86 bits per heavy atom. The molecule has 0 aromatic heterocycles. The molecule has 3 aliphatic rings. The number of hydrogen-bond acceptors (Lipinski definition) is 4. The standard InChI is InChI=1S/C16H16BNO3/c18-8-14-15(11-4-2-1-3-5-11)13-6-7-19-9-12-10-20-17(21-14)16(12)13/h1-7,14H,8-10,18H2/t14-/m1/s1. The Labute approximate surface area is 124 Å². The van der Waals surface area contributed by atoms with Gasteiger partial charge < -0.3 is 19.8 Å². The second-order valence-corrected chi connectivity index (χ2v) is 5.33.